The molecule has 0 radical (unpaired) electrons. The maximum Gasteiger partial charge on any atom is 0.0180 e. The van der Waals surface area contributed by atoms with Gasteiger partial charge in [0, 0.05) is 13.1 Å². The van der Waals surface area contributed by atoms with Crippen LogP contribution in [0.3, 0.4) is 0 Å². The molecule has 102 valence electrons. The van der Waals surface area contributed by atoms with Crippen molar-refractivity contribution >= 4 is 0 Å². The van der Waals surface area contributed by atoms with Gasteiger partial charge in [-0.2, -0.15) is 0 Å². The Morgan fingerprint density at radius 3 is 2.06 bits per heavy atom. The van der Waals surface area contributed by atoms with E-state index in [4.69, 9.17) is 11.5 Å². The molecule has 0 aliphatic rings. The largest absolute Gasteiger partial charge is 0.326 e. The lowest BCUT2D eigenvalue weighted by atomic mass is 9.95. The van der Waals surface area contributed by atoms with Crippen LogP contribution in [-0.2, 0) is 19.5 Å². The van der Waals surface area contributed by atoms with Crippen molar-refractivity contribution in [3.05, 3.63) is 34.9 Å². The number of unbranched alkanes of at least 4 members (excludes halogenated alkanes) is 2. The summed E-state index contributed by atoms with van der Waals surface area (Å²) >= 11 is 0. The van der Waals surface area contributed by atoms with E-state index in [9.17, 15) is 0 Å². The second-order valence-corrected chi connectivity index (χ2v) is 5.46. The molecule has 2 nitrogen and oxygen atoms in total. The summed E-state index contributed by atoms with van der Waals surface area (Å²) in [6.45, 7) is 5.82. The minimum Gasteiger partial charge on any atom is -0.326 e. The van der Waals surface area contributed by atoms with Gasteiger partial charge in [0.25, 0.3) is 0 Å². The van der Waals surface area contributed by atoms with Crippen LogP contribution in [-0.4, -0.2) is 0 Å². The van der Waals surface area contributed by atoms with Crippen molar-refractivity contribution in [2.24, 2.45) is 17.4 Å². The van der Waals surface area contributed by atoms with Crippen molar-refractivity contribution in [2.45, 2.75) is 59.0 Å². The van der Waals surface area contributed by atoms with E-state index < -0.39 is 0 Å². The maximum atomic E-state index is 5.80. The number of hydrogen-bond donors (Lipinski definition) is 2. The van der Waals surface area contributed by atoms with Crippen LogP contribution in [0, 0.1) is 5.92 Å². The van der Waals surface area contributed by atoms with Gasteiger partial charge in [-0.3, -0.25) is 0 Å². The molecule has 0 amide bonds. The Morgan fingerprint density at radius 1 is 0.944 bits per heavy atom. The lowest BCUT2D eigenvalue weighted by Gasteiger charge is -2.13. The third kappa shape index (κ3) is 4.79. The normalized spacial score (nSPS) is 11.2. The van der Waals surface area contributed by atoms with Gasteiger partial charge in [-0.05, 0) is 35.4 Å². The lowest BCUT2D eigenvalue weighted by Crippen LogP contribution is -2.08. The highest BCUT2D eigenvalue weighted by molar-refractivity contribution is 5.35. The zero-order valence-electron chi connectivity index (χ0n) is 11.9. The SMILES string of the molecule is CC(C)CCCCCc1c(CN)cccc1CN. The van der Waals surface area contributed by atoms with Crippen LogP contribution < -0.4 is 11.5 Å². The van der Waals surface area contributed by atoms with Gasteiger partial charge < -0.3 is 11.5 Å². The highest BCUT2D eigenvalue weighted by atomic mass is 14.5. The van der Waals surface area contributed by atoms with Crippen molar-refractivity contribution in [2.75, 3.05) is 0 Å². The lowest BCUT2D eigenvalue weighted by molar-refractivity contribution is 0.526. The highest BCUT2D eigenvalue weighted by Gasteiger charge is 2.06. The second-order valence-electron chi connectivity index (χ2n) is 5.46. The molecule has 0 bridgehead atoms. The predicted octanol–water partition coefficient (Wildman–Crippen LogP) is 3.36. The van der Waals surface area contributed by atoms with Gasteiger partial charge >= 0.3 is 0 Å². The number of benzene rings is 1. The summed E-state index contributed by atoms with van der Waals surface area (Å²) in [5.41, 5.74) is 15.5. The van der Waals surface area contributed by atoms with Crippen molar-refractivity contribution in [3.8, 4) is 0 Å². The first-order valence-electron chi connectivity index (χ1n) is 7.18. The zero-order valence-corrected chi connectivity index (χ0v) is 11.9. The van der Waals surface area contributed by atoms with Crippen LogP contribution in [0.4, 0.5) is 0 Å². The summed E-state index contributed by atoms with van der Waals surface area (Å²) in [6.07, 6.45) is 6.35. The second kappa shape index (κ2) is 8.28. The maximum absolute atomic E-state index is 5.80. The van der Waals surface area contributed by atoms with Gasteiger partial charge in [-0.1, -0.05) is 51.3 Å². The van der Waals surface area contributed by atoms with Crippen LogP contribution in [0.2, 0.25) is 0 Å². The first kappa shape index (κ1) is 15.2. The van der Waals surface area contributed by atoms with Gasteiger partial charge in [-0.15, -0.1) is 0 Å². The summed E-state index contributed by atoms with van der Waals surface area (Å²) < 4.78 is 0. The van der Waals surface area contributed by atoms with Gasteiger partial charge in [0.05, 0.1) is 0 Å². The molecule has 0 saturated heterocycles. The van der Waals surface area contributed by atoms with Crippen molar-refractivity contribution < 1.29 is 0 Å². The Labute approximate surface area is 112 Å². The Morgan fingerprint density at radius 2 is 1.56 bits per heavy atom. The number of rotatable bonds is 8. The van der Waals surface area contributed by atoms with Crippen LogP contribution in [0.1, 0.15) is 56.2 Å². The summed E-state index contributed by atoms with van der Waals surface area (Å²) in [5.74, 6) is 0.820. The third-order valence-corrected chi connectivity index (χ3v) is 3.52. The molecular formula is C16H28N2. The fraction of sp³-hybridized carbons (Fsp3) is 0.625. The van der Waals surface area contributed by atoms with E-state index >= 15 is 0 Å². The minimum atomic E-state index is 0.620. The first-order valence-corrected chi connectivity index (χ1v) is 7.18. The molecule has 0 fully saturated rings. The molecular weight excluding hydrogens is 220 g/mol. The quantitative estimate of drug-likeness (QED) is 0.693. The number of hydrogen-bond acceptors (Lipinski definition) is 2. The summed E-state index contributed by atoms with van der Waals surface area (Å²) in [6, 6.07) is 6.32. The minimum absolute atomic E-state index is 0.620. The Bertz CT molecular complexity index is 323. The molecule has 18 heavy (non-hydrogen) atoms. The predicted molar refractivity (Wildman–Crippen MR) is 79.2 cm³/mol. The molecule has 1 rings (SSSR count). The van der Waals surface area contributed by atoms with Crippen molar-refractivity contribution in [1.82, 2.24) is 0 Å². The Hall–Kier alpha value is -0.860. The molecule has 0 heterocycles. The summed E-state index contributed by atoms with van der Waals surface area (Å²) in [4.78, 5) is 0. The average Bonchev–Trinajstić information content (AvgIpc) is 2.37. The molecule has 4 N–H and O–H groups in total. The number of nitrogens with two attached hydrogens (primary N) is 2. The molecule has 0 saturated carbocycles. The van der Waals surface area contributed by atoms with E-state index in [0.717, 1.165) is 12.3 Å². The van der Waals surface area contributed by atoms with E-state index in [1.165, 1.54) is 42.4 Å². The molecule has 0 spiro atoms. The molecule has 1 aromatic rings. The fourth-order valence-electron chi connectivity index (χ4n) is 2.42. The van der Waals surface area contributed by atoms with Crippen LogP contribution in [0.15, 0.2) is 18.2 Å². The van der Waals surface area contributed by atoms with Crippen LogP contribution in [0.5, 0.6) is 0 Å². The first-order chi connectivity index (χ1) is 8.69. The van der Waals surface area contributed by atoms with E-state index in [0.29, 0.717) is 13.1 Å². The van der Waals surface area contributed by atoms with E-state index in [1.54, 1.807) is 0 Å². The third-order valence-electron chi connectivity index (χ3n) is 3.52. The molecule has 0 unspecified atom stereocenters. The van der Waals surface area contributed by atoms with Gasteiger partial charge in [-0.25, -0.2) is 0 Å². The average molecular weight is 248 g/mol. The highest BCUT2D eigenvalue weighted by Crippen LogP contribution is 2.18. The van der Waals surface area contributed by atoms with Gasteiger partial charge in [0.1, 0.15) is 0 Å². The monoisotopic (exact) mass is 248 g/mol. The van der Waals surface area contributed by atoms with Crippen LogP contribution >= 0.6 is 0 Å². The zero-order chi connectivity index (χ0) is 13.4. The molecule has 0 aliphatic heterocycles. The van der Waals surface area contributed by atoms with E-state index in [-0.39, 0.29) is 0 Å². The Balaban J connectivity index is 2.50. The Kier molecular flexibility index (Phi) is 6.99. The molecule has 0 aromatic heterocycles. The van der Waals surface area contributed by atoms with E-state index in [2.05, 4.69) is 32.0 Å². The van der Waals surface area contributed by atoms with Gasteiger partial charge in [0.2, 0.25) is 0 Å². The fourth-order valence-corrected chi connectivity index (χ4v) is 2.42. The smallest absolute Gasteiger partial charge is 0.0180 e. The van der Waals surface area contributed by atoms with Crippen molar-refractivity contribution in [3.63, 3.8) is 0 Å². The van der Waals surface area contributed by atoms with Crippen LogP contribution in [0.25, 0.3) is 0 Å². The summed E-state index contributed by atoms with van der Waals surface area (Å²) in [5, 5.41) is 0. The molecule has 2 heteroatoms. The standard InChI is InChI=1S/C16H28N2/c1-13(2)7-4-3-5-10-16-14(11-17)8-6-9-15(16)12-18/h6,8-9,13H,3-5,7,10-12,17-18H2,1-2H3. The topological polar surface area (TPSA) is 52.0 Å². The van der Waals surface area contributed by atoms with Gasteiger partial charge in [0.15, 0.2) is 0 Å². The van der Waals surface area contributed by atoms with Crippen molar-refractivity contribution in [1.29, 1.82) is 0 Å². The van der Waals surface area contributed by atoms with E-state index in [1.807, 2.05) is 0 Å². The molecule has 0 aliphatic carbocycles. The summed E-state index contributed by atoms with van der Waals surface area (Å²) in [7, 11) is 0. The molecule has 1 aromatic carbocycles. The molecule has 0 atom stereocenters.